The summed E-state index contributed by atoms with van der Waals surface area (Å²) in [6.07, 6.45) is 0. The van der Waals surface area contributed by atoms with E-state index >= 15 is 0 Å². The average Bonchev–Trinajstić information content (AvgIpc) is 2.91. The highest BCUT2D eigenvalue weighted by Gasteiger charge is 2.47. The van der Waals surface area contributed by atoms with Gasteiger partial charge in [-0.15, -0.1) is 0 Å². The first kappa shape index (κ1) is 18.3. The predicted octanol–water partition coefficient (Wildman–Crippen LogP) is 6.34. The van der Waals surface area contributed by atoms with Crippen LogP contribution < -0.4 is 30.9 Å². The minimum atomic E-state index is 0.151. The Morgan fingerprint density at radius 3 is 2.00 bits per heavy atom. The lowest BCUT2D eigenvalue weighted by atomic mass is 9.33. The Balaban J connectivity index is 1.43. The molecule has 4 aliphatic heterocycles. The van der Waals surface area contributed by atoms with E-state index in [0.29, 0.717) is 0 Å². The zero-order valence-corrected chi connectivity index (χ0v) is 19.4. The molecule has 0 bridgehead atoms. The number of hydrogen-bond donors (Lipinski definition) is 0. The second-order valence-electron chi connectivity index (χ2n) is 9.34. The standard InChI is InChI=1S/C30H17BN2OS/c1-3-14-24-20(10-1)32-22-12-7-13-23-28(22)31(18-8-5-15-25(34-24)29(18)32)19-9-6-17-27-30(19)33(23)21-11-2-4-16-26(21)35-27/h1-17H. The molecule has 0 saturated carbocycles. The van der Waals surface area contributed by atoms with Gasteiger partial charge >= 0.3 is 0 Å². The molecule has 3 nitrogen and oxygen atoms in total. The van der Waals surface area contributed by atoms with Crippen molar-refractivity contribution in [1.29, 1.82) is 0 Å². The van der Waals surface area contributed by atoms with Gasteiger partial charge in [-0.1, -0.05) is 66.4 Å². The van der Waals surface area contributed by atoms with Crippen molar-refractivity contribution in [3.05, 3.63) is 103 Å². The Morgan fingerprint density at radius 2 is 1.11 bits per heavy atom. The van der Waals surface area contributed by atoms with Crippen LogP contribution in [0.4, 0.5) is 34.1 Å². The van der Waals surface area contributed by atoms with Crippen LogP contribution in [0.5, 0.6) is 11.5 Å². The van der Waals surface area contributed by atoms with E-state index in [2.05, 4.69) is 107 Å². The van der Waals surface area contributed by atoms with Gasteiger partial charge in [0.2, 0.25) is 0 Å². The lowest BCUT2D eigenvalue weighted by Gasteiger charge is -2.47. The van der Waals surface area contributed by atoms with Gasteiger partial charge in [0.15, 0.2) is 11.5 Å². The van der Waals surface area contributed by atoms with Crippen LogP contribution in [-0.4, -0.2) is 6.71 Å². The van der Waals surface area contributed by atoms with Crippen molar-refractivity contribution >= 4 is 69.0 Å². The summed E-state index contributed by atoms with van der Waals surface area (Å²) in [4.78, 5) is 7.51. The summed E-state index contributed by atoms with van der Waals surface area (Å²) >= 11 is 1.87. The highest BCUT2D eigenvalue weighted by molar-refractivity contribution is 7.99. The Hall–Kier alpha value is -4.09. The Bertz CT molecular complexity index is 1630. The predicted molar refractivity (Wildman–Crippen MR) is 145 cm³/mol. The number of ether oxygens (including phenoxy) is 1. The maximum atomic E-state index is 6.44. The first-order valence-electron chi connectivity index (χ1n) is 11.9. The van der Waals surface area contributed by atoms with E-state index < -0.39 is 0 Å². The molecule has 0 saturated heterocycles. The molecular weight excluding hydrogens is 447 g/mol. The fraction of sp³-hybridized carbons (Fsp3) is 0. The minimum absolute atomic E-state index is 0.151. The summed E-state index contributed by atoms with van der Waals surface area (Å²) in [5.41, 5.74) is 11.3. The summed E-state index contributed by atoms with van der Waals surface area (Å²) in [7, 11) is 0. The molecule has 5 aromatic carbocycles. The van der Waals surface area contributed by atoms with Crippen LogP contribution in [0.2, 0.25) is 0 Å². The van der Waals surface area contributed by atoms with Crippen molar-refractivity contribution in [3.63, 3.8) is 0 Å². The smallest absolute Gasteiger partial charge is 0.252 e. The second-order valence-corrected chi connectivity index (χ2v) is 10.4. The third-order valence-electron chi connectivity index (χ3n) is 7.61. The molecule has 0 unspecified atom stereocenters. The van der Waals surface area contributed by atoms with Crippen molar-refractivity contribution in [2.24, 2.45) is 0 Å². The lowest BCUT2D eigenvalue weighted by molar-refractivity contribution is 0.477. The molecule has 0 spiro atoms. The number of benzene rings is 5. The average molecular weight is 464 g/mol. The van der Waals surface area contributed by atoms with Crippen LogP contribution in [0.25, 0.3) is 0 Å². The molecule has 9 rings (SSSR count). The molecule has 35 heavy (non-hydrogen) atoms. The minimum Gasteiger partial charge on any atom is -0.453 e. The summed E-state index contributed by atoms with van der Waals surface area (Å²) < 4.78 is 6.44. The third kappa shape index (κ3) is 2.16. The fourth-order valence-electron chi connectivity index (χ4n) is 6.33. The van der Waals surface area contributed by atoms with Crippen LogP contribution >= 0.6 is 11.8 Å². The van der Waals surface area contributed by atoms with Crippen LogP contribution in [0, 0.1) is 0 Å². The number of fused-ring (bicyclic) bond motifs is 8. The molecule has 4 heterocycles. The monoisotopic (exact) mass is 464 g/mol. The fourth-order valence-corrected chi connectivity index (χ4v) is 7.43. The van der Waals surface area contributed by atoms with Gasteiger partial charge in [0.25, 0.3) is 6.71 Å². The number of anilines is 6. The van der Waals surface area contributed by atoms with Gasteiger partial charge in [-0.25, -0.2) is 0 Å². The van der Waals surface area contributed by atoms with Crippen LogP contribution in [0.15, 0.2) is 113 Å². The topological polar surface area (TPSA) is 15.7 Å². The summed E-state index contributed by atoms with van der Waals surface area (Å²) in [6.45, 7) is 0.151. The summed E-state index contributed by atoms with van der Waals surface area (Å²) in [6, 6.07) is 37.2. The molecule has 5 heteroatoms. The van der Waals surface area contributed by atoms with Gasteiger partial charge in [0.1, 0.15) is 0 Å². The van der Waals surface area contributed by atoms with Crippen LogP contribution in [-0.2, 0) is 0 Å². The van der Waals surface area contributed by atoms with Gasteiger partial charge < -0.3 is 14.5 Å². The highest BCUT2D eigenvalue weighted by atomic mass is 32.2. The molecule has 162 valence electrons. The summed E-state index contributed by atoms with van der Waals surface area (Å²) in [5, 5.41) is 0. The zero-order chi connectivity index (χ0) is 22.7. The Labute approximate surface area is 207 Å². The third-order valence-corrected chi connectivity index (χ3v) is 8.73. The maximum absolute atomic E-state index is 6.44. The first-order chi connectivity index (χ1) is 17.4. The molecule has 0 aromatic heterocycles. The molecule has 0 amide bonds. The Morgan fingerprint density at radius 1 is 0.514 bits per heavy atom. The van der Waals surface area contributed by atoms with Crippen LogP contribution in [0.3, 0.4) is 0 Å². The quantitative estimate of drug-likeness (QED) is 0.243. The molecule has 4 aliphatic rings. The lowest BCUT2D eigenvalue weighted by Crippen LogP contribution is -2.61. The first-order valence-corrected chi connectivity index (χ1v) is 12.7. The number of nitrogens with zero attached hydrogens (tertiary/aromatic N) is 2. The zero-order valence-electron chi connectivity index (χ0n) is 18.6. The molecular formula is C30H17BN2OS. The molecule has 0 radical (unpaired) electrons. The molecule has 0 atom stereocenters. The normalized spacial score (nSPS) is 14.8. The SMILES string of the molecule is c1ccc2c(c1)Oc1cccc3c1N2c1cccc2c1B3c1cccc3c1N2c1ccccc1S3. The van der Waals surface area contributed by atoms with Gasteiger partial charge in [-0.2, -0.15) is 0 Å². The number of rotatable bonds is 0. The molecule has 0 aliphatic carbocycles. The van der Waals surface area contributed by atoms with Gasteiger partial charge in [0, 0.05) is 21.2 Å². The molecule has 0 fully saturated rings. The van der Waals surface area contributed by atoms with Gasteiger partial charge in [-0.3, -0.25) is 0 Å². The van der Waals surface area contributed by atoms with E-state index in [0.717, 1.165) is 22.9 Å². The molecule has 5 aromatic rings. The molecule has 0 N–H and O–H groups in total. The van der Waals surface area contributed by atoms with Crippen molar-refractivity contribution in [1.82, 2.24) is 0 Å². The largest absolute Gasteiger partial charge is 0.453 e. The van der Waals surface area contributed by atoms with Crippen molar-refractivity contribution < 1.29 is 4.74 Å². The second kappa shape index (κ2) is 6.32. The maximum Gasteiger partial charge on any atom is 0.252 e. The van der Waals surface area contributed by atoms with E-state index in [1.807, 2.05) is 17.8 Å². The van der Waals surface area contributed by atoms with E-state index in [-0.39, 0.29) is 6.71 Å². The van der Waals surface area contributed by atoms with Crippen LogP contribution in [0.1, 0.15) is 0 Å². The van der Waals surface area contributed by atoms with Crippen molar-refractivity contribution in [2.75, 3.05) is 9.80 Å². The highest BCUT2D eigenvalue weighted by Crippen LogP contribution is 2.55. The Kier molecular flexibility index (Phi) is 3.30. The number of para-hydroxylation sites is 5. The van der Waals surface area contributed by atoms with E-state index in [1.54, 1.807) is 0 Å². The van der Waals surface area contributed by atoms with E-state index in [9.17, 15) is 0 Å². The van der Waals surface area contributed by atoms with E-state index in [4.69, 9.17) is 4.74 Å². The van der Waals surface area contributed by atoms with Gasteiger partial charge in [0.05, 0.1) is 22.7 Å². The number of hydrogen-bond acceptors (Lipinski definition) is 4. The summed E-state index contributed by atoms with van der Waals surface area (Å²) in [5.74, 6) is 1.82. The van der Waals surface area contributed by atoms with Crippen molar-refractivity contribution in [2.45, 2.75) is 9.79 Å². The van der Waals surface area contributed by atoms with Gasteiger partial charge in [-0.05, 0) is 64.9 Å². The van der Waals surface area contributed by atoms with E-state index in [1.165, 1.54) is 48.9 Å². The van der Waals surface area contributed by atoms with Crippen molar-refractivity contribution in [3.8, 4) is 11.5 Å².